The summed E-state index contributed by atoms with van der Waals surface area (Å²) in [5.74, 6) is 1.01. The number of hydrogen-bond acceptors (Lipinski definition) is 7. The summed E-state index contributed by atoms with van der Waals surface area (Å²) in [5.41, 5.74) is 8.44. The first-order valence-electron chi connectivity index (χ1n) is 12.3. The van der Waals surface area contributed by atoms with E-state index in [1.165, 1.54) is 0 Å². The molecule has 5 N–H and O–H groups in total. The van der Waals surface area contributed by atoms with E-state index in [0.717, 1.165) is 37.2 Å². The molecule has 0 bridgehead atoms. The van der Waals surface area contributed by atoms with E-state index in [9.17, 15) is 9.90 Å². The molecule has 2 aromatic carbocycles. The number of hydrogen-bond donors (Lipinski definition) is 4. The Morgan fingerprint density at radius 3 is 2.63 bits per heavy atom. The van der Waals surface area contributed by atoms with Crippen molar-refractivity contribution in [2.75, 3.05) is 43.4 Å². The first kappa shape index (κ1) is 23.1. The molecule has 2 fully saturated rings. The number of aromatic nitrogens is 2. The molecule has 182 valence electrons. The third-order valence-electron chi connectivity index (χ3n) is 7.36. The number of anilines is 2. The number of phenolic OH excluding ortho intramolecular Hbond substituents is 1. The van der Waals surface area contributed by atoms with E-state index >= 15 is 0 Å². The Morgan fingerprint density at radius 2 is 1.86 bits per heavy atom. The molecular formula is C27H32N6O2. The molecule has 0 saturated carbocycles. The smallest absolute Gasteiger partial charge is 0.232 e. The van der Waals surface area contributed by atoms with Gasteiger partial charge >= 0.3 is 0 Å². The summed E-state index contributed by atoms with van der Waals surface area (Å²) >= 11 is 0. The van der Waals surface area contributed by atoms with Crippen LogP contribution < -0.4 is 21.3 Å². The average Bonchev–Trinajstić information content (AvgIpc) is 3.36. The molecule has 1 unspecified atom stereocenters. The van der Waals surface area contributed by atoms with Crippen molar-refractivity contribution >= 4 is 17.4 Å². The fourth-order valence-electron chi connectivity index (χ4n) is 5.28. The van der Waals surface area contributed by atoms with Gasteiger partial charge in [-0.25, -0.2) is 0 Å². The lowest BCUT2D eigenvalue weighted by molar-refractivity contribution is -0.126. The van der Waals surface area contributed by atoms with Crippen molar-refractivity contribution in [3.8, 4) is 17.0 Å². The van der Waals surface area contributed by atoms with E-state index in [4.69, 9.17) is 5.73 Å². The summed E-state index contributed by atoms with van der Waals surface area (Å²) in [4.78, 5) is 15.9. The van der Waals surface area contributed by atoms with Crippen molar-refractivity contribution in [1.29, 1.82) is 0 Å². The second-order valence-electron chi connectivity index (χ2n) is 9.54. The highest BCUT2D eigenvalue weighted by Gasteiger charge is 2.46. The molecule has 0 radical (unpaired) electrons. The van der Waals surface area contributed by atoms with Gasteiger partial charge in [0.1, 0.15) is 5.75 Å². The van der Waals surface area contributed by atoms with Crippen molar-refractivity contribution in [3.05, 3.63) is 66.2 Å². The van der Waals surface area contributed by atoms with Gasteiger partial charge in [0.05, 0.1) is 16.8 Å². The molecule has 1 amide bonds. The molecule has 1 atom stereocenters. The van der Waals surface area contributed by atoms with Gasteiger partial charge in [-0.3, -0.25) is 4.79 Å². The Labute approximate surface area is 205 Å². The predicted molar refractivity (Wildman–Crippen MR) is 137 cm³/mol. The number of nitrogens with two attached hydrogens (primary N) is 1. The molecule has 35 heavy (non-hydrogen) atoms. The van der Waals surface area contributed by atoms with Gasteiger partial charge in [-0.2, -0.15) is 0 Å². The Morgan fingerprint density at radius 1 is 1.11 bits per heavy atom. The molecule has 2 aliphatic rings. The van der Waals surface area contributed by atoms with Crippen LogP contribution in [0, 0.1) is 5.92 Å². The number of para-hydroxylation sites is 1. The van der Waals surface area contributed by atoms with Crippen molar-refractivity contribution in [2.24, 2.45) is 5.92 Å². The molecular weight excluding hydrogens is 440 g/mol. The van der Waals surface area contributed by atoms with E-state index in [-0.39, 0.29) is 11.7 Å². The fourth-order valence-corrected chi connectivity index (χ4v) is 5.28. The van der Waals surface area contributed by atoms with E-state index < -0.39 is 5.41 Å². The summed E-state index contributed by atoms with van der Waals surface area (Å²) < 4.78 is 0. The van der Waals surface area contributed by atoms with Crippen LogP contribution in [0.5, 0.6) is 5.75 Å². The zero-order valence-electron chi connectivity index (χ0n) is 19.8. The third-order valence-corrected chi connectivity index (χ3v) is 7.36. The number of amides is 1. The fraction of sp³-hybridized carbons (Fsp3) is 0.370. The summed E-state index contributed by atoms with van der Waals surface area (Å²) in [5, 5.41) is 25.3. The number of phenols is 1. The van der Waals surface area contributed by atoms with E-state index in [1.54, 1.807) is 18.2 Å². The van der Waals surface area contributed by atoms with Gasteiger partial charge in [0, 0.05) is 25.2 Å². The minimum absolute atomic E-state index is 0.0613. The van der Waals surface area contributed by atoms with Crippen LogP contribution in [0.4, 0.5) is 11.5 Å². The first-order valence-corrected chi connectivity index (χ1v) is 12.3. The number of piperidine rings is 1. The lowest BCUT2D eigenvalue weighted by Gasteiger charge is -2.31. The maximum Gasteiger partial charge on any atom is 0.232 e. The number of nitrogen functional groups attached to an aromatic ring is 1. The van der Waals surface area contributed by atoms with E-state index in [2.05, 4.69) is 25.7 Å². The third kappa shape index (κ3) is 4.66. The Bertz CT molecular complexity index is 1180. The van der Waals surface area contributed by atoms with Crippen LogP contribution in [0.3, 0.4) is 0 Å². The molecule has 5 rings (SSSR count). The lowest BCUT2D eigenvalue weighted by Crippen LogP contribution is -2.48. The standard InChI is InChI=1S/C27H32N6O2/c28-25-23(16-22(31-32-25)21-8-4-5-9-24(21)34)33-15-12-27(18-33,20-6-2-1-3-7-20)26(35)30-17-19-10-13-29-14-11-19/h1-9,16,19,29,34H,10-15,17-18H2,(H2,28,32)(H,30,35). The normalized spacial score (nSPS) is 20.6. The van der Waals surface area contributed by atoms with Crippen LogP contribution in [-0.2, 0) is 10.2 Å². The number of nitrogens with zero attached hydrogens (tertiary/aromatic N) is 3. The Kier molecular flexibility index (Phi) is 6.55. The van der Waals surface area contributed by atoms with Crippen LogP contribution in [0.1, 0.15) is 24.8 Å². The molecule has 1 aromatic heterocycles. The van der Waals surface area contributed by atoms with Gasteiger partial charge in [0.25, 0.3) is 0 Å². The zero-order valence-corrected chi connectivity index (χ0v) is 19.8. The summed E-state index contributed by atoms with van der Waals surface area (Å²) in [6, 6.07) is 18.9. The van der Waals surface area contributed by atoms with Crippen molar-refractivity contribution in [1.82, 2.24) is 20.8 Å². The van der Waals surface area contributed by atoms with Crippen molar-refractivity contribution < 1.29 is 9.90 Å². The highest BCUT2D eigenvalue weighted by Crippen LogP contribution is 2.40. The maximum atomic E-state index is 13.8. The zero-order chi connectivity index (χ0) is 24.3. The van der Waals surface area contributed by atoms with E-state index in [1.807, 2.05) is 42.5 Å². The summed E-state index contributed by atoms with van der Waals surface area (Å²) in [6.07, 6.45) is 2.83. The second kappa shape index (κ2) is 9.92. The first-order chi connectivity index (χ1) is 17.1. The van der Waals surface area contributed by atoms with Crippen LogP contribution in [0.2, 0.25) is 0 Å². The largest absolute Gasteiger partial charge is 0.507 e. The highest BCUT2D eigenvalue weighted by molar-refractivity contribution is 5.90. The minimum atomic E-state index is -0.682. The van der Waals surface area contributed by atoms with Crippen LogP contribution >= 0.6 is 0 Å². The van der Waals surface area contributed by atoms with E-state index in [0.29, 0.717) is 49.0 Å². The van der Waals surface area contributed by atoms with Gasteiger partial charge in [-0.15, -0.1) is 10.2 Å². The average molecular weight is 473 g/mol. The number of benzene rings is 2. The molecule has 8 nitrogen and oxygen atoms in total. The highest BCUT2D eigenvalue weighted by atomic mass is 16.3. The monoisotopic (exact) mass is 472 g/mol. The molecule has 8 heteroatoms. The molecule has 3 heterocycles. The van der Waals surface area contributed by atoms with Gasteiger partial charge in [0.2, 0.25) is 5.91 Å². The quantitative estimate of drug-likeness (QED) is 0.436. The lowest BCUT2D eigenvalue weighted by atomic mass is 9.78. The number of carbonyl (C=O) groups is 1. The van der Waals surface area contributed by atoms with Crippen LogP contribution in [0.25, 0.3) is 11.3 Å². The summed E-state index contributed by atoms with van der Waals surface area (Å²) in [6.45, 7) is 3.86. The SMILES string of the molecule is Nc1nnc(-c2ccccc2O)cc1N1CCC(C(=O)NCC2CCNCC2)(c2ccccc2)C1. The van der Waals surface area contributed by atoms with Crippen molar-refractivity contribution in [2.45, 2.75) is 24.7 Å². The minimum Gasteiger partial charge on any atom is -0.507 e. The van der Waals surface area contributed by atoms with Crippen LogP contribution in [0.15, 0.2) is 60.7 Å². The topological polar surface area (TPSA) is 116 Å². The predicted octanol–water partition coefficient (Wildman–Crippen LogP) is 2.70. The van der Waals surface area contributed by atoms with Gasteiger partial charge in [0.15, 0.2) is 5.82 Å². The van der Waals surface area contributed by atoms with Gasteiger partial charge in [-0.05, 0) is 62.0 Å². The van der Waals surface area contributed by atoms with Crippen molar-refractivity contribution in [3.63, 3.8) is 0 Å². The number of aromatic hydroxyl groups is 1. The van der Waals surface area contributed by atoms with Gasteiger partial charge < -0.3 is 26.4 Å². The van der Waals surface area contributed by atoms with Crippen LogP contribution in [-0.4, -0.2) is 53.9 Å². The molecule has 2 saturated heterocycles. The van der Waals surface area contributed by atoms with Gasteiger partial charge in [-0.1, -0.05) is 42.5 Å². The molecule has 3 aromatic rings. The maximum absolute atomic E-state index is 13.8. The number of nitrogens with one attached hydrogen (secondary N) is 2. The number of rotatable bonds is 6. The molecule has 0 spiro atoms. The molecule has 2 aliphatic heterocycles. The number of carbonyl (C=O) groups excluding carboxylic acids is 1. The molecule has 0 aliphatic carbocycles. The Balaban J connectivity index is 1.42. The summed E-state index contributed by atoms with van der Waals surface area (Å²) in [7, 11) is 0. The second-order valence-corrected chi connectivity index (χ2v) is 9.54. The Hall–Kier alpha value is -3.65.